The Morgan fingerprint density at radius 1 is 1.30 bits per heavy atom. The van der Waals surface area contributed by atoms with Crippen LogP contribution in [0.3, 0.4) is 0 Å². The molecule has 1 fully saturated rings. The number of likely N-dealkylation sites (tertiary alicyclic amines) is 1. The summed E-state index contributed by atoms with van der Waals surface area (Å²) in [7, 11) is 0. The Kier molecular flexibility index (Phi) is 5.17. The number of carboxylic acids is 1. The monoisotopic (exact) mass is 281 g/mol. The zero-order valence-electron chi connectivity index (χ0n) is 12.0. The van der Waals surface area contributed by atoms with Gasteiger partial charge in [0.05, 0.1) is 17.9 Å². The second-order valence-corrected chi connectivity index (χ2v) is 5.50. The van der Waals surface area contributed by atoms with Gasteiger partial charge in [0, 0.05) is 19.7 Å². The Labute approximate surface area is 119 Å². The van der Waals surface area contributed by atoms with Crippen molar-refractivity contribution in [1.29, 1.82) is 0 Å². The molecule has 0 aromatic carbocycles. The molecule has 1 aliphatic heterocycles. The zero-order valence-corrected chi connectivity index (χ0v) is 12.0. The van der Waals surface area contributed by atoms with E-state index in [9.17, 15) is 14.7 Å². The standard InChI is InChI=1S/C15H23NO4/c1-2-20-11-6-5-9-16(10-11)14(17)12-7-3-4-8-13(12)15(18)19/h3-4,11-13H,2,5-10H2,1H3,(H,18,19)/t11?,12-,13+/m1/s1. The molecule has 0 bridgehead atoms. The first-order valence-corrected chi connectivity index (χ1v) is 7.41. The van der Waals surface area contributed by atoms with Crippen molar-refractivity contribution in [2.24, 2.45) is 11.8 Å². The van der Waals surface area contributed by atoms with Crippen molar-refractivity contribution in [3.63, 3.8) is 0 Å². The molecule has 2 rings (SSSR count). The molecule has 1 saturated heterocycles. The summed E-state index contributed by atoms with van der Waals surface area (Å²) in [6.07, 6.45) is 6.77. The quantitative estimate of drug-likeness (QED) is 0.796. The second kappa shape index (κ2) is 6.88. The average Bonchev–Trinajstić information content (AvgIpc) is 2.47. The number of hydrogen-bond acceptors (Lipinski definition) is 3. The third-order valence-electron chi connectivity index (χ3n) is 4.16. The molecule has 1 amide bonds. The molecule has 2 aliphatic rings. The van der Waals surface area contributed by atoms with Gasteiger partial charge >= 0.3 is 5.97 Å². The summed E-state index contributed by atoms with van der Waals surface area (Å²) in [5.41, 5.74) is 0. The number of carboxylic acid groups (broad SMARTS) is 1. The molecule has 20 heavy (non-hydrogen) atoms. The molecule has 3 atom stereocenters. The minimum atomic E-state index is -0.869. The van der Waals surface area contributed by atoms with Crippen molar-refractivity contribution in [3.05, 3.63) is 12.2 Å². The van der Waals surface area contributed by atoms with E-state index in [0.29, 0.717) is 26.0 Å². The molecular weight excluding hydrogens is 258 g/mol. The number of carbonyl (C=O) groups excluding carboxylic acids is 1. The smallest absolute Gasteiger partial charge is 0.307 e. The lowest BCUT2D eigenvalue weighted by Gasteiger charge is -2.36. The van der Waals surface area contributed by atoms with Crippen molar-refractivity contribution < 1.29 is 19.4 Å². The van der Waals surface area contributed by atoms with Crippen LogP contribution in [0.25, 0.3) is 0 Å². The van der Waals surface area contributed by atoms with Crippen LogP contribution in [0.1, 0.15) is 32.6 Å². The molecule has 0 saturated carbocycles. The molecule has 1 aliphatic carbocycles. The molecule has 1 N–H and O–H groups in total. The number of aliphatic carboxylic acids is 1. The minimum absolute atomic E-state index is 0.0221. The highest BCUT2D eigenvalue weighted by molar-refractivity contribution is 5.85. The summed E-state index contributed by atoms with van der Waals surface area (Å²) < 4.78 is 5.60. The van der Waals surface area contributed by atoms with Crippen molar-refractivity contribution in [3.8, 4) is 0 Å². The van der Waals surface area contributed by atoms with E-state index < -0.39 is 17.8 Å². The van der Waals surface area contributed by atoms with Crippen LogP contribution >= 0.6 is 0 Å². The number of rotatable bonds is 4. The van der Waals surface area contributed by atoms with Gasteiger partial charge in [-0.05, 0) is 32.6 Å². The SMILES string of the molecule is CCOC1CCCN(C(=O)[C@@H]2CC=CC[C@@H]2C(=O)O)C1. The number of carbonyl (C=O) groups is 2. The zero-order chi connectivity index (χ0) is 14.5. The average molecular weight is 281 g/mol. The number of nitrogens with zero attached hydrogens (tertiary/aromatic N) is 1. The predicted octanol–water partition coefficient (Wildman–Crippen LogP) is 1.68. The van der Waals surface area contributed by atoms with Gasteiger partial charge in [0.1, 0.15) is 0 Å². The van der Waals surface area contributed by atoms with Crippen LogP contribution in [0.4, 0.5) is 0 Å². The van der Waals surface area contributed by atoms with Gasteiger partial charge in [-0.25, -0.2) is 0 Å². The molecule has 1 heterocycles. The van der Waals surface area contributed by atoms with E-state index in [-0.39, 0.29) is 12.0 Å². The molecule has 0 radical (unpaired) electrons. The Hall–Kier alpha value is -1.36. The predicted molar refractivity (Wildman–Crippen MR) is 74.2 cm³/mol. The lowest BCUT2D eigenvalue weighted by atomic mass is 9.81. The van der Waals surface area contributed by atoms with E-state index in [2.05, 4.69) is 0 Å². The highest BCUT2D eigenvalue weighted by Gasteiger charge is 2.37. The summed E-state index contributed by atoms with van der Waals surface area (Å²) in [4.78, 5) is 25.7. The van der Waals surface area contributed by atoms with E-state index in [4.69, 9.17) is 4.74 Å². The number of piperidine rings is 1. The molecule has 0 aromatic rings. The lowest BCUT2D eigenvalue weighted by Crippen LogP contribution is -2.48. The Bertz CT molecular complexity index is 391. The van der Waals surface area contributed by atoms with Crippen LogP contribution < -0.4 is 0 Å². The van der Waals surface area contributed by atoms with Crippen LogP contribution in [0.2, 0.25) is 0 Å². The molecule has 1 unspecified atom stereocenters. The first-order chi connectivity index (χ1) is 9.63. The fraction of sp³-hybridized carbons (Fsp3) is 0.733. The minimum Gasteiger partial charge on any atom is -0.481 e. The Balaban J connectivity index is 2.02. The van der Waals surface area contributed by atoms with Gasteiger partial charge in [-0.1, -0.05) is 12.2 Å². The third kappa shape index (κ3) is 3.39. The second-order valence-electron chi connectivity index (χ2n) is 5.50. The van der Waals surface area contributed by atoms with Gasteiger partial charge < -0.3 is 14.7 Å². The molecule has 112 valence electrons. The van der Waals surface area contributed by atoms with Crippen molar-refractivity contribution in [1.82, 2.24) is 4.90 Å². The van der Waals surface area contributed by atoms with Crippen LogP contribution in [-0.2, 0) is 14.3 Å². The largest absolute Gasteiger partial charge is 0.481 e. The number of hydrogen-bond donors (Lipinski definition) is 1. The fourth-order valence-corrected chi connectivity index (χ4v) is 3.10. The van der Waals surface area contributed by atoms with Crippen LogP contribution in [0.15, 0.2) is 12.2 Å². The van der Waals surface area contributed by atoms with Gasteiger partial charge in [-0.3, -0.25) is 9.59 Å². The van der Waals surface area contributed by atoms with Crippen molar-refractivity contribution in [2.75, 3.05) is 19.7 Å². The normalized spacial score (nSPS) is 30.2. The van der Waals surface area contributed by atoms with Gasteiger partial charge in [0.25, 0.3) is 0 Å². The van der Waals surface area contributed by atoms with E-state index >= 15 is 0 Å². The molecule has 5 nitrogen and oxygen atoms in total. The van der Waals surface area contributed by atoms with Crippen LogP contribution in [0, 0.1) is 11.8 Å². The molecular formula is C15H23NO4. The highest BCUT2D eigenvalue weighted by atomic mass is 16.5. The van der Waals surface area contributed by atoms with Gasteiger partial charge in [-0.2, -0.15) is 0 Å². The first-order valence-electron chi connectivity index (χ1n) is 7.41. The molecule has 0 spiro atoms. The van der Waals surface area contributed by atoms with Gasteiger partial charge in [0.2, 0.25) is 5.91 Å². The summed E-state index contributed by atoms with van der Waals surface area (Å²) >= 11 is 0. The van der Waals surface area contributed by atoms with E-state index in [1.54, 1.807) is 4.90 Å². The summed E-state index contributed by atoms with van der Waals surface area (Å²) in [5, 5.41) is 9.26. The van der Waals surface area contributed by atoms with E-state index in [1.807, 2.05) is 19.1 Å². The maximum atomic E-state index is 12.6. The summed E-state index contributed by atoms with van der Waals surface area (Å²) in [6.45, 7) is 3.91. The number of amides is 1. The third-order valence-corrected chi connectivity index (χ3v) is 4.16. The van der Waals surface area contributed by atoms with Gasteiger partial charge in [0.15, 0.2) is 0 Å². The van der Waals surface area contributed by atoms with Crippen molar-refractivity contribution >= 4 is 11.9 Å². The maximum Gasteiger partial charge on any atom is 0.307 e. The summed E-state index contributed by atoms with van der Waals surface area (Å²) in [5.74, 6) is -1.89. The van der Waals surface area contributed by atoms with Crippen LogP contribution in [-0.4, -0.2) is 47.7 Å². The number of allylic oxidation sites excluding steroid dienone is 2. The maximum absolute atomic E-state index is 12.6. The fourth-order valence-electron chi connectivity index (χ4n) is 3.10. The Morgan fingerprint density at radius 3 is 2.65 bits per heavy atom. The van der Waals surface area contributed by atoms with E-state index in [1.165, 1.54) is 0 Å². The first kappa shape index (κ1) is 15.0. The number of ether oxygens (including phenoxy) is 1. The van der Waals surface area contributed by atoms with Gasteiger partial charge in [-0.15, -0.1) is 0 Å². The summed E-state index contributed by atoms with van der Waals surface area (Å²) in [6, 6.07) is 0. The van der Waals surface area contributed by atoms with Crippen LogP contribution in [0.5, 0.6) is 0 Å². The Morgan fingerprint density at radius 2 is 2.00 bits per heavy atom. The topological polar surface area (TPSA) is 66.8 Å². The van der Waals surface area contributed by atoms with E-state index in [0.717, 1.165) is 19.4 Å². The lowest BCUT2D eigenvalue weighted by molar-refractivity contribution is -0.152. The highest BCUT2D eigenvalue weighted by Crippen LogP contribution is 2.29. The molecule has 5 heteroatoms. The van der Waals surface area contributed by atoms with Crippen molar-refractivity contribution in [2.45, 2.75) is 38.7 Å². The molecule has 0 aromatic heterocycles.